The van der Waals surface area contributed by atoms with E-state index in [9.17, 15) is 4.79 Å². The van der Waals surface area contributed by atoms with Gasteiger partial charge in [-0.25, -0.2) is 0 Å². The number of ether oxygens (including phenoxy) is 1. The molecule has 2 rings (SSSR count). The number of nitrogens with two attached hydrogens (primary N) is 1. The molecule has 146 valence electrons. The van der Waals surface area contributed by atoms with Crippen LogP contribution in [0.1, 0.15) is 45.6 Å². The molecule has 0 saturated heterocycles. The lowest BCUT2D eigenvalue weighted by molar-refractivity contribution is -0.140. The lowest BCUT2D eigenvalue weighted by Crippen LogP contribution is -2.46. The molecular formula is C21H30N4O2. The molecule has 6 heteroatoms. The first-order valence-electron chi connectivity index (χ1n) is 9.42. The van der Waals surface area contributed by atoms with Gasteiger partial charge in [-0.2, -0.15) is 5.10 Å². The van der Waals surface area contributed by atoms with Gasteiger partial charge in [-0.15, -0.1) is 0 Å². The van der Waals surface area contributed by atoms with Gasteiger partial charge in [-0.3, -0.25) is 4.79 Å². The molecule has 0 amide bonds. The Morgan fingerprint density at radius 2 is 2.04 bits per heavy atom. The smallest absolute Gasteiger partial charge is 0.302 e. The summed E-state index contributed by atoms with van der Waals surface area (Å²) in [7, 11) is 0. The van der Waals surface area contributed by atoms with Gasteiger partial charge in [0.05, 0.1) is 18.4 Å². The second-order valence-corrected chi connectivity index (χ2v) is 6.66. The maximum Gasteiger partial charge on any atom is 0.302 e. The van der Waals surface area contributed by atoms with Gasteiger partial charge in [-0.1, -0.05) is 30.7 Å². The maximum atomic E-state index is 11.0. The fourth-order valence-corrected chi connectivity index (χ4v) is 3.35. The van der Waals surface area contributed by atoms with Crippen LogP contribution in [0.15, 0.2) is 52.8 Å². The predicted octanol–water partition coefficient (Wildman–Crippen LogP) is 3.32. The van der Waals surface area contributed by atoms with Crippen molar-refractivity contribution in [2.45, 2.75) is 45.6 Å². The zero-order valence-electron chi connectivity index (χ0n) is 16.4. The van der Waals surface area contributed by atoms with Crippen LogP contribution < -0.4 is 16.5 Å². The van der Waals surface area contributed by atoms with Gasteiger partial charge < -0.3 is 21.2 Å². The zero-order valence-corrected chi connectivity index (χ0v) is 16.4. The zero-order chi connectivity index (χ0) is 19.7. The SMILES string of the molecule is CCNC1=CC=C(CCOC(C)=O)CC1(CC)Nc1ccc(C=NN)cc1. The number of rotatable bonds is 9. The molecular weight excluding hydrogens is 340 g/mol. The van der Waals surface area contributed by atoms with Crippen LogP contribution in [0, 0.1) is 0 Å². The molecule has 1 aliphatic carbocycles. The van der Waals surface area contributed by atoms with Gasteiger partial charge >= 0.3 is 5.97 Å². The minimum Gasteiger partial charge on any atom is -0.466 e. The van der Waals surface area contributed by atoms with Crippen molar-refractivity contribution in [2.75, 3.05) is 18.5 Å². The van der Waals surface area contributed by atoms with Crippen LogP contribution in [-0.4, -0.2) is 30.9 Å². The summed E-state index contributed by atoms with van der Waals surface area (Å²) in [6, 6.07) is 8.04. The summed E-state index contributed by atoms with van der Waals surface area (Å²) in [5.41, 5.74) is 4.22. The molecule has 1 aromatic carbocycles. The summed E-state index contributed by atoms with van der Waals surface area (Å²) in [4.78, 5) is 11.0. The Bertz CT molecular complexity index is 722. The lowest BCUT2D eigenvalue weighted by Gasteiger charge is -2.40. The summed E-state index contributed by atoms with van der Waals surface area (Å²) in [5, 5.41) is 10.8. The van der Waals surface area contributed by atoms with Gasteiger partial charge in [0.25, 0.3) is 0 Å². The van der Waals surface area contributed by atoms with E-state index in [0.717, 1.165) is 37.1 Å². The molecule has 1 unspecified atom stereocenters. The highest BCUT2D eigenvalue weighted by atomic mass is 16.5. The molecule has 4 N–H and O–H groups in total. The molecule has 1 atom stereocenters. The predicted molar refractivity (Wildman–Crippen MR) is 111 cm³/mol. The highest BCUT2D eigenvalue weighted by molar-refractivity contribution is 5.80. The number of anilines is 1. The Hall–Kier alpha value is -2.76. The third-order valence-electron chi connectivity index (χ3n) is 4.75. The molecule has 1 aliphatic rings. The number of carbonyl (C=O) groups excluding carboxylic acids is 1. The average molecular weight is 370 g/mol. The molecule has 0 fully saturated rings. The van der Waals surface area contributed by atoms with Crippen molar-refractivity contribution in [1.29, 1.82) is 0 Å². The highest BCUT2D eigenvalue weighted by Gasteiger charge is 2.35. The van der Waals surface area contributed by atoms with Crippen molar-refractivity contribution < 1.29 is 9.53 Å². The normalized spacial score (nSPS) is 19.4. The average Bonchev–Trinajstić information content (AvgIpc) is 2.65. The van der Waals surface area contributed by atoms with Crippen LogP contribution in [0.5, 0.6) is 0 Å². The van der Waals surface area contributed by atoms with Gasteiger partial charge in [-0.05, 0) is 43.5 Å². The van der Waals surface area contributed by atoms with Crippen molar-refractivity contribution in [3.63, 3.8) is 0 Å². The summed E-state index contributed by atoms with van der Waals surface area (Å²) in [6.45, 7) is 7.00. The number of carbonyl (C=O) groups is 1. The van der Waals surface area contributed by atoms with E-state index in [0.29, 0.717) is 6.61 Å². The largest absolute Gasteiger partial charge is 0.466 e. The van der Waals surface area contributed by atoms with Crippen molar-refractivity contribution in [3.8, 4) is 0 Å². The van der Waals surface area contributed by atoms with E-state index < -0.39 is 0 Å². The second kappa shape index (κ2) is 9.80. The maximum absolute atomic E-state index is 11.0. The Labute approximate surface area is 161 Å². The number of hydrazone groups is 1. The minimum absolute atomic E-state index is 0.222. The summed E-state index contributed by atoms with van der Waals surface area (Å²) >= 11 is 0. The van der Waals surface area contributed by atoms with E-state index in [2.05, 4.69) is 41.7 Å². The van der Waals surface area contributed by atoms with Gasteiger partial charge in [0.15, 0.2) is 0 Å². The van der Waals surface area contributed by atoms with Gasteiger partial charge in [0.1, 0.15) is 0 Å². The van der Waals surface area contributed by atoms with Crippen molar-refractivity contribution in [3.05, 3.63) is 53.3 Å². The summed E-state index contributed by atoms with van der Waals surface area (Å²) in [5.74, 6) is 4.98. The number of benzene rings is 1. The van der Waals surface area contributed by atoms with E-state index in [1.165, 1.54) is 18.2 Å². The molecule has 0 aromatic heterocycles. The number of hydrogen-bond acceptors (Lipinski definition) is 6. The van der Waals surface area contributed by atoms with E-state index in [4.69, 9.17) is 10.6 Å². The number of nitrogens with zero attached hydrogens (tertiary/aromatic N) is 1. The van der Waals surface area contributed by atoms with Crippen LogP contribution in [0.4, 0.5) is 5.69 Å². The van der Waals surface area contributed by atoms with E-state index in [1.807, 2.05) is 24.3 Å². The fourth-order valence-electron chi connectivity index (χ4n) is 3.35. The Morgan fingerprint density at radius 3 is 2.63 bits per heavy atom. The van der Waals surface area contributed by atoms with Crippen molar-refractivity contribution >= 4 is 17.9 Å². The molecule has 0 radical (unpaired) electrons. The molecule has 0 saturated carbocycles. The van der Waals surface area contributed by atoms with Crippen LogP contribution in [0.2, 0.25) is 0 Å². The quantitative estimate of drug-likeness (QED) is 0.269. The molecule has 1 aromatic rings. The second-order valence-electron chi connectivity index (χ2n) is 6.66. The molecule has 27 heavy (non-hydrogen) atoms. The highest BCUT2D eigenvalue weighted by Crippen LogP contribution is 2.35. The first kappa shape index (κ1) is 20.6. The number of likely N-dealkylation sites (N-methyl/N-ethyl adjacent to an activating group) is 1. The Balaban J connectivity index is 2.20. The first-order chi connectivity index (χ1) is 13.0. The standard InChI is InChI=1S/C21H30N4O2/c1-4-21(25-19-9-6-18(7-10-19)15-24-22)14-17(12-13-27-16(3)26)8-11-20(21)23-5-2/h6-11,15,23,25H,4-5,12-14,22H2,1-3H3. The lowest BCUT2D eigenvalue weighted by atomic mass is 9.80. The molecule has 0 heterocycles. The monoisotopic (exact) mass is 370 g/mol. The van der Waals surface area contributed by atoms with E-state index in [1.54, 1.807) is 6.21 Å². The van der Waals surface area contributed by atoms with Crippen LogP contribution in [-0.2, 0) is 9.53 Å². The third-order valence-corrected chi connectivity index (χ3v) is 4.75. The van der Waals surface area contributed by atoms with E-state index >= 15 is 0 Å². The number of nitrogens with one attached hydrogen (secondary N) is 2. The number of allylic oxidation sites excluding steroid dienone is 2. The number of esters is 1. The Morgan fingerprint density at radius 1 is 1.30 bits per heavy atom. The minimum atomic E-state index is -0.240. The van der Waals surface area contributed by atoms with Gasteiger partial charge in [0, 0.05) is 31.3 Å². The first-order valence-corrected chi connectivity index (χ1v) is 9.42. The van der Waals surface area contributed by atoms with Gasteiger partial charge in [0.2, 0.25) is 0 Å². The van der Waals surface area contributed by atoms with Crippen molar-refractivity contribution in [1.82, 2.24) is 5.32 Å². The van der Waals surface area contributed by atoms with Crippen LogP contribution >= 0.6 is 0 Å². The van der Waals surface area contributed by atoms with Crippen molar-refractivity contribution in [2.24, 2.45) is 10.9 Å². The third kappa shape index (κ3) is 5.61. The fraction of sp³-hybridized carbons (Fsp3) is 0.429. The molecule has 0 bridgehead atoms. The molecule has 0 aliphatic heterocycles. The molecule has 6 nitrogen and oxygen atoms in total. The Kier molecular flexibility index (Phi) is 7.46. The topological polar surface area (TPSA) is 88.7 Å². The molecule has 0 spiro atoms. The number of hydrogen-bond donors (Lipinski definition) is 3. The van der Waals surface area contributed by atoms with Crippen LogP contribution in [0.25, 0.3) is 0 Å². The summed E-state index contributed by atoms with van der Waals surface area (Å²) in [6.07, 6.45) is 8.42. The van der Waals surface area contributed by atoms with E-state index in [-0.39, 0.29) is 11.5 Å². The van der Waals surface area contributed by atoms with Crippen LogP contribution in [0.3, 0.4) is 0 Å². The summed E-state index contributed by atoms with van der Waals surface area (Å²) < 4.78 is 5.12.